The van der Waals surface area contributed by atoms with E-state index >= 15 is 0 Å². The average molecular weight is 291 g/mol. The summed E-state index contributed by atoms with van der Waals surface area (Å²) in [6, 6.07) is 0.359. The van der Waals surface area contributed by atoms with Crippen LogP contribution in [0.25, 0.3) is 0 Å². The van der Waals surface area contributed by atoms with Crippen LogP contribution in [-0.4, -0.2) is 43.9 Å². The van der Waals surface area contributed by atoms with Gasteiger partial charge in [-0.05, 0) is 53.0 Å². The Morgan fingerprint density at radius 2 is 2.00 bits per heavy atom. The van der Waals surface area contributed by atoms with Gasteiger partial charge in [0.1, 0.15) is 0 Å². The van der Waals surface area contributed by atoms with Crippen molar-refractivity contribution in [1.82, 2.24) is 14.3 Å². The third-order valence-electron chi connectivity index (χ3n) is 3.43. The van der Waals surface area contributed by atoms with Crippen LogP contribution in [0.5, 0.6) is 0 Å². The Kier molecular flexibility index (Phi) is 5.79. The average Bonchev–Trinajstić information content (AvgIpc) is 2.26. The zero-order chi connectivity index (χ0) is 14.7. The van der Waals surface area contributed by atoms with Gasteiger partial charge in [0.25, 0.3) is 10.2 Å². The fourth-order valence-corrected chi connectivity index (χ4v) is 4.20. The Morgan fingerprint density at radius 1 is 1.37 bits per heavy atom. The number of rotatable bonds is 5. The van der Waals surface area contributed by atoms with Crippen molar-refractivity contribution < 1.29 is 8.42 Å². The fourth-order valence-electron chi connectivity index (χ4n) is 2.54. The van der Waals surface area contributed by atoms with Gasteiger partial charge in [0.05, 0.1) is 0 Å². The minimum atomic E-state index is -3.37. The molecule has 0 spiro atoms. The van der Waals surface area contributed by atoms with Gasteiger partial charge in [0.2, 0.25) is 0 Å². The minimum Gasteiger partial charge on any atom is -0.314 e. The lowest BCUT2D eigenvalue weighted by Gasteiger charge is -2.36. The van der Waals surface area contributed by atoms with E-state index in [1.54, 1.807) is 4.31 Å². The predicted octanol–water partition coefficient (Wildman–Crippen LogP) is 1.33. The van der Waals surface area contributed by atoms with Crippen LogP contribution in [0.3, 0.4) is 0 Å². The molecule has 0 saturated carbocycles. The van der Waals surface area contributed by atoms with Gasteiger partial charge >= 0.3 is 0 Å². The first-order valence-corrected chi connectivity index (χ1v) is 8.62. The lowest BCUT2D eigenvalue weighted by molar-refractivity contribution is 0.221. The fraction of sp³-hybridized carbons (Fsp3) is 1.00. The highest BCUT2D eigenvalue weighted by Gasteiger charge is 2.33. The van der Waals surface area contributed by atoms with E-state index in [9.17, 15) is 8.42 Å². The molecule has 0 aromatic heterocycles. The molecule has 0 aromatic carbocycles. The summed E-state index contributed by atoms with van der Waals surface area (Å²) in [5.41, 5.74) is -0.431. The van der Waals surface area contributed by atoms with Crippen molar-refractivity contribution in [3.63, 3.8) is 0 Å². The van der Waals surface area contributed by atoms with Crippen LogP contribution in [0.1, 0.15) is 47.5 Å². The van der Waals surface area contributed by atoms with Crippen molar-refractivity contribution in [2.24, 2.45) is 5.92 Å². The normalized spacial score (nSPS) is 24.4. The Labute approximate surface area is 118 Å². The van der Waals surface area contributed by atoms with Gasteiger partial charge in [0.15, 0.2) is 0 Å². The molecular formula is C13H29N3O2S. The lowest BCUT2D eigenvalue weighted by Crippen LogP contribution is -2.53. The summed E-state index contributed by atoms with van der Waals surface area (Å²) < 4.78 is 29.0. The van der Waals surface area contributed by atoms with Crippen LogP contribution in [-0.2, 0) is 10.2 Å². The Balaban J connectivity index is 2.69. The van der Waals surface area contributed by atoms with E-state index in [1.165, 1.54) is 0 Å². The number of nitrogens with one attached hydrogen (secondary N) is 2. The van der Waals surface area contributed by atoms with Gasteiger partial charge in [-0.15, -0.1) is 0 Å². The van der Waals surface area contributed by atoms with E-state index in [0.717, 1.165) is 19.4 Å². The molecule has 0 aliphatic carbocycles. The smallest absolute Gasteiger partial charge is 0.279 e. The van der Waals surface area contributed by atoms with Crippen LogP contribution in [0.15, 0.2) is 0 Å². The molecule has 19 heavy (non-hydrogen) atoms. The monoisotopic (exact) mass is 291 g/mol. The summed E-state index contributed by atoms with van der Waals surface area (Å²) >= 11 is 0. The molecule has 1 heterocycles. The Morgan fingerprint density at radius 3 is 2.53 bits per heavy atom. The molecule has 2 N–H and O–H groups in total. The van der Waals surface area contributed by atoms with Crippen LogP contribution < -0.4 is 10.0 Å². The van der Waals surface area contributed by atoms with Gasteiger partial charge in [-0.1, -0.05) is 6.92 Å². The molecule has 6 heteroatoms. The molecule has 1 aliphatic rings. The van der Waals surface area contributed by atoms with Crippen LogP contribution in [0, 0.1) is 5.92 Å². The first-order valence-electron chi connectivity index (χ1n) is 7.18. The van der Waals surface area contributed by atoms with E-state index in [2.05, 4.69) is 23.9 Å². The molecule has 0 aromatic rings. The van der Waals surface area contributed by atoms with Gasteiger partial charge in [-0.3, -0.25) is 0 Å². The number of hydrogen-bond donors (Lipinski definition) is 2. The molecule has 1 aliphatic heterocycles. The van der Waals surface area contributed by atoms with E-state index < -0.39 is 15.7 Å². The third kappa shape index (κ3) is 5.38. The molecule has 114 valence electrons. The molecule has 0 bridgehead atoms. The minimum absolute atomic E-state index is 0.359. The topological polar surface area (TPSA) is 61.4 Å². The quantitative estimate of drug-likeness (QED) is 0.803. The molecule has 5 nitrogen and oxygen atoms in total. The van der Waals surface area contributed by atoms with Gasteiger partial charge < -0.3 is 5.32 Å². The second kappa shape index (κ2) is 6.52. The summed E-state index contributed by atoms with van der Waals surface area (Å²) in [4.78, 5) is 0. The highest BCUT2D eigenvalue weighted by Crippen LogP contribution is 2.22. The maximum atomic E-state index is 12.3. The van der Waals surface area contributed by atoms with Gasteiger partial charge in [-0.2, -0.15) is 17.4 Å². The Hall–Kier alpha value is -0.170. The van der Waals surface area contributed by atoms with E-state index in [4.69, 9.17) is 0 Å². The number of nitrogens with zero attached hydrogens (tertiary/aromatic N) is 1. The van der Waals surface area contributed by atoms with Crippen molar-refractivity contribution in [2.75, 3.05) is 19.6 Å². The van der Waals surface area contributed by atoms with Gasteiger partial charge in [-0.25, -0.2) is 0 Å². The highest BCUT2D eigenvalue weighted by molar-refractivity contribution is 7.87. The maximum Gasteiger partial charge on any atom is 0.279 e. The molecule has 1 fully saturated rings. The first kappa shape index (κ1) is 16.9. The van der Waals surface area contributed by atoms with E-state index in [-0.39, 0.29) is 0 Å². The second-order valence-corrected chi connectivity index (χ2v) is 8.13. The van der Waals surface area contributed by atoms with Crippen molar-refractivity contribution in [2.45, 2.75) is 59.0 Å². The van der Waals surface area contributed by atoms with E-state index in [0.29, 0.717) is 25.0 Å². The maximum absolute atomic E-state index is 12.3. The largest absolute Gasteiger partial charge is 0.314 e. The summed E-state index contributed by atoms with van der Waals surface area (Å²) in [5, 5.41) is 3.39. The molecule has 0 amide bonds. The molecular weight excluding hydrogens is 262 g/mol. The molecule has 1 saturated heterocycles. The lowest BCUT2D eigenvalue weighted by atomic mass is 9.93. The van der Waals surface area contributed by atoms with Crippen LogP contribution >= 0.6 is 0 Å². The second-order valence-electron chi connectivity index (χ2n) is 6.46. The van der Waals surface area contributed by atoms with Crippen molar-refractivity contribution in [3.05, 3.63) is 0 Å². The summed E-state index contributed by atoms with van der Waals surface area (Å²) in [7, 11) is -3.37. The molecule has 2 unspecified atom stereocenters. The van der Waals surface area contributed by atoms with Crippen molar-refractivity contribution >= 4 is 10.2 Å². The van der Waals surface area contributed by atoms with Gasteiger partial charge in [0, 0.05) is 24.7 Å². The first-order chi connectivity index (χ1) is 8.65. The zero-order valence-corrected chi connectivity index (χ0v) is 13.7. The van der Waals surface area contributed by atoms with Crippen LogP contribution in [0.4, 0.5) is 0 Å². The molecule has 2 atom stereocenters. The summed E-state index contributed by atoms with van der Waals surface area (Å²) in [6.07, 6.45) is 2.03. The molecule has 0 radical (unpaired) electrons. The predicted molar refractivity (Wildman–Crippen MR) is 79.2 cm³/mol. The Bertz CT molecular complexity index is 376. The zero-order valence-electron chi connectivity index (χ0n) is 12.9. The van der Waals surface area contributed by atoms with Crippen molar-refractivity contribution in [1.29, 1.82) is 0 Å². The number of piperidine rings is 1. The standard InChI is InChI=1S/C13H29N3O2S/c1-6-14-11(2)12-8-7-9-16(10-12)19(17,18)15-13(3,4)5/h11-12,14-15H,6-10H2,1-5H3. The molecule has 1 rings (SSSR count). The summed E-state index contributed by atoms with van der Waals surface area (Å²) in [6.45, 7) is 12.0. The van der Waals surface area contributed by atoms with E-state index in [1.807, 2.05) is 20.8 Å². The van der Waals surface area contributed by atoms with Crippen molar-refractivity contribution in [3.8, 4) is 0 Å². The highest BCUT2D eigenvalue weighted by atomic mass is 32.2. The summed E-state index contributed by atoms with van der Waals surface area (Å²) in [5.74, 6) is 0.394. The third-order valence-corrected chi connectivity index (χ3v) is 5.31. The number of hydrogen-bond acceptors (Lipinski definition) is 3. The SMILES string of the molecule is CCNC(C)C1CCCN(S(=O)(=O)NC(C)(C)C)C1. The van der Waals surface area contributed by atoms with Crippen LogP contribution in [0.2, 0.25) is 0 Å².